The number of methoxy groups -OCH3 is 1. The molecule has 0 amide bonds. The van der Waals surface area contributed by atoms with E-state index in [1.54, 1.807) is 6.07 Å². The Balaban J connectivity index is 1.76. The molecule has 2 heterocycles. The number of hydrogen-bond donors (Lipinski definition) is 1. The van der Waals surface area contributed by atoms with Gasteiger partial charge in [0.1, 0.15) is 17.6 Å². The lowest BCUT2D eigenvalue weighted by molar-refractivity contribution is 0.0689. The van der Waals surface area contributed by atoms with Gasteiger partial charge in [-0.15, -0.1) is 0 Å². The fourth-order valence-corrected chi connectivity index (χ4v) is 2.91. The number of benzene rings is 2. The largest absolute Gasteiger partial charge is 0.504 e. The van der Waals surface area contributed by atoms with Crippen molar-refractivity contribution in [2.24, 2.45) is 0 Å². The highest BCUT2D eigenvalue weighted by Gasteiger charge is 2.40. The van der Waals surface area contributed by atoms with E-state index in [1.165, 1.54) is 7.11 Å². The summed E-state index contributed by atoms with van der Waals surface area (Å²) >= 11 is 0. The van der Waals surface area contributed by atoms with Gasteiger partial charge in [0.25, 0.3) is 0 Å². The first-order valence-corrected chi connectivity index (χ1v) is 6.58. The zero-order chi connectivity index (χ0) is 13.7. The van der Waals surface area contributed by atoms with E-state index in [0.29, 0.717) is 11.5 Å². The molecule has 0 bridgehead atoms. The summed E-state index contributed by atoms with van der Waals surface area (Å²) in [5, 5.41) is 9.87. The first kappa shape index (κ1) is 11.5. The summed E-state index contributed by atoms with van der Waals surface area (Å²) in [5.41, 5.74) is 2.06. The molecule has 2 aliphatic rings. The van der Waals surface area contributed by atoms with Crippen LogP contribution >= 0.6 is 0 Å². The van der Waals surface area contributed by atoms with Crippen LogP contribution in [0.2, 0.25) is 0 Å². The molecule has 102 valence electrons. The predicted molar refractivity (Wildman–Crippen MR) is 72.6 cm³/mol. The Labute approximate surface area is 116 Å². The van der Waals surface area contributed by atoms with Crippen LogP contribution < -0.4 is 14.2 Å². The summed E-state index contributed by atoms with van der Waals surface area (Å²) in [6.45, 7) is 0. The highest BCUT2D eigenvalue weighted by molar-refractivity contribution is 5.53. The molecule has 2 atom stereocenters. The zero-order valence-electron chi connectivity index (χ0n) is 11.0. The summed E-state index contributed by atoms with van der Waals surface area (Å²) in [4.78, 5) is 0. The van der Waals surface area contributed by atoms with E-state index in [2.05, 4.69) is 0 Å². The van der Waals surface area contributed by atoms with Gasteiger partial charge in [0.05, 0.1) is 7.11 Å². The maximum Gasteiger partial charge on any atom is 0.164 e. The van der Waals surface area contributed by atoms with Crippen molar-refractivity contribution in [1.82, 2.24) is 0 Å². The second-order valence-corrected chi connectivity index (χ2v) is 5.07. The molecule has 0 saturated carbocycles. The molecule has 2 aromatic rings. The number of rotatable bonds is 1. The minimum Gasteiger partial charge on any atom is -0.504 e. The number of aromatic hydroxyl groups is 1. The van der Waals surface area contributed by atoms with Crippen LogP contribution in [0.5, 0.6) is 23.0 Å². The summed E-state index contributed by atoms with van der Waals surface area (Å²) < 4.78 is 17.1. The van der Waals surface area contributed by atoms with Crippen LogP contribution in [0.3, 0.4) is 0 Å². The molecule has 0 radical (unpaired) electrons. The van der Waals surface area contributed by atoms with Crippen molar-refractivity contribution in [1.29, 1.82) is 0 Å². The van der Waals surface area contributed by atoms with Gasteiger partial charge in [-0.05, 0) is 12.1 Å². The van der Waals surface area contributed by atoms with Crippen LogP contribution in [0.15, 0.2) is 36.4 Å². The first-order valence-electron chi connectivity index (χ1n) is 6.58. The molecular formula is C16H14O4. The molecule has 2 aromatic carbocycles. The maximum absolute atomic E-state index is 9.87. The molecule has 0 saturated heterocycles. The smallest absolute Gasteiger partial charge is 0.164 e. The molecule has 4 rings (SSSR count). The van der Waals surface area contributed by atoms with Crippen molar-refractivity contribution in [2.45, 2.75) is 18.6 Å². The average molecular weight is 270 g/mol. The second kappa shape index (κ2) is 4.07. The van der Waals surface area contributed by atoms with Crippen LogP contribution in [-0.2, 0) is 6.42 Å². The van der Waals surface area contributed by atoms with E-state index < -0.39 is 0 Å². The van der Waals surface area contributed by atoms with Gasteiger partial charge in [0.2, 0.25) is 0 Å². The molecule has 20 heavy (non-hydrogen) atoms. The summed E-state index contributed by atoms with van der Waals surface area (Å²) in [5.74, 6) is 2.13. The lowest BCUT2D eigenvalue weighted by Gasteiger charge is -2.28. The average Bonchev–Trinajstić information content (AvgIpc) is 2.82. The number of phenols is 1. The molecule has 0 unspecified atom stereocenters. The van der Waals surface area contributed by atoms with E-state index in [-0.39, 0.29) is 18.0 Å². The zero-order valence-corrected chi connectivity index (χ0v) is 11.0. The van der Waals surface area contributed by atoms with E-state index in [4.69, 9.17) is 14.2 Å². The van der Waals surface area contributed by atoms with Crippen molar-refractivity contribution in [3.63, 3.8) is 0 Å². The van der Waals surface area contributed by atoms with Gasteiger partial charge in [-0.1, -0.05) is 18.2 Å². The quantitative estimate of drug-likeness (QED) is 0.865. The fraction of sp³-hybridized carbons (Fsp3) is 0.250. The molecule has 0 fully saturated rings. The number of ether oxygens (including phenoxy) is 3. The third-order valence-electron chi connectivity index (χ3n) is 3.88. The summed E-state index contributed by atoms with van der Waals surface area (Å²) in [7, 11) is 1.54. The molecule has 4 heteroatoms. The van der Waals surface area contributed by atoms with Crippen molar-refractivity contribution in [3.05, 3.63) is 47.5 Å². The summed E-state index contributed by atoms with van der Waals surface area (Å²) in [6, 6.07) is 11.3. The second-order valence-electron chi connectivity index (χ2n) is 5.07. The van der Waals surface area contributed by atoms with Gasteiger partial charge in [-0.3, -0.25) is 0 Å². The van der Waals surface area contributed by atoms with Gasteiger partial charge >= 0.3 is 0 Å². The van der Waals surface area contributed by atoms with E-state index >= 15 is 0 Å². The third kappa shape index (κ3) is 1.54. The fourth-order valence-electron chi connectivity index (χ4n) is 2.91. The molecular weight excluding hydrogens is 256 g/mol. The Kier molecular flexibility index (Phi) is 2.33. The normalized spacial score (nSPS) is 22.1. The van der Waals surface area contributed by atoms with Crippen molar-refractivity contribution in [2.75, 3.05) is 7.11 Å². The molecule has 0 aliphatic carbocycles. The Hall–Kier alpha value is -2.36. The van der Waals surface area contributed by atoms with Crippen molar-refractivity contribution in [3.8, 4) is 23.0 Å². The molecule has 0 spiro atoms. The lowest BCUT2D eigenvalue weighted by atomic mass is 9.96. The van der Waals surface area contributed by atoms with Crippen LogP contribution in [0.25, 0.3) is 0 Å². The Bertz CT molecular complexity index is 680. The van der Waals surface area contributed by atoms with Crippen LogP contribution in [0.4, 0.5) is 0 Å². The standard InChI is InChI=1S/C16H14O4/c1-18-14-6-9-7-15-16(20-13(9)8-11(14)17)10-4-2-3-5-12(10)19-15/h2-6,8,15-17H,7H2,1H3/t15-,16-/m0/s1. The minimum absolute atomic E-state index is 0.0193. The van der Waals surface area contributed by atoms with Gasteiger partial charge in [-0.2, -0.15) is 0 Å². The number of para-hydroxylation sites is 1. The molecule has 0 aromatic heterocycles. The van der Waals surface area contributed by atoms with Crippen molar-refractivity contribution < 1.29 is 19.3 Å². The van der Waals surface area contributed by atoms with Crippen LogP contribution in [0, 0.1) is 0 Å². The van der Waals surface area contributed by atoms with E-state index in [9.17, 15) is 5.11 Å². The Morgan fingerprint density at radius 2 is 2.00 bits per heavy atom. The highest BCUT2D eigenvalue weighted by atomic mass is 16.6. The van der Waals surface area contributed by atoms with E-state index in [1.807, 2.05) is 30.3 Å². The molecule has 4 nitrogen and oxygen atoms in total. The SMILES string of the molecule is COc1cc2c(cc1O)O[C@H]1c3ccccc3O[C@H]1C2. The molecule has 2 aliphatic heterocycles. The lowest BCUT2D eigenvalue weighted by Crippen LogP contribution is -2.30. The van der Waals surface area contributed by atoms with Gasteiger partial charge in [0, 0.05) is 23.6 Å². The van der Waals surface area contributed by atoms with Gasteiger partial charge < -0.3 is 19.3 Å². The van der Waals surface area contributed by atoms with Crippen LogP contribution in [-0.4, -0.2) is 18.3 Å². The number of phenolic OH excluding ortho intramolecular Hbond substituents is 1. The molecule has 1 N–H and O–H groups in total. The highest BCUT2D eigenvalue weighted by Crippen LogP contribution is 2.47. The summed E-state index contributed by atoms with van der Waals surface area (Å²) in [6.07, 6.45) is 0.617. The first-order chi connectivity index (χ1) is 9.76. The monoisotopic (exact) mass is 270 g/mol. The van der Waals surface area contributed by atoms with Gasteiger partial charge in [-0.25, -0.2) is 0 Å². The van der Waals surface area contributed by atoms with Crippen molar-refractivity contribution >= 4 is 0 Å². The van der Waals surface area contributed by atoms with Crippen LogP contribution in [0.1, 0.15) is 17.2 Å². The Morgan fingerprint density at radius 3 is 2.85 bits per heavy atom. The third-order valence-corrected chi connectivity index (χ3v) is 3.88. The topological polar surface area (TPSA) is 47.9 Å². The number of hydrogen-bond acceptors (Lipinski definition) is 4. The minimum atomic E-state index is -0.105. The number of fused-ring (bicyclic) bond motifs is 4. The van der Waals surface area contributed by atoms with Gasteiger partial charge in [0.15, 0.2) is 17.6 Å². The maximum atomic E-state index is 9.87. The predicted octanol–water partition coefficient (Wildman–Crippen LogP) is 2.84. The van der Waals surface area contributed by atoms with E-state index in [0.717, 1.165) is 23.3 Å². The Morgan fingerprint density at radius 1 is 1.15 bits per heavy atom.